The van der Waals surface area contributed by atoms with E-state index in [4.69, 9.17) is 0 Å². The second-order valence-electron chi connectivity index (χ2n) is 3.34. The minimum Gasteiger partial charge on any atom is -0.305 e. The highest BCUT2D eigenvalue weighted by Crippen LogP contribution is 2.25. The first-order valence-electron chi connectivity index (χ1n) is 4.60. The Hall–Kier alpha value is -2.04. The maximum atomic E-state index is 13.5. The predicted octanol–water partition coefficient (Wildman–Crippen LogP) is 2.02. The minimum atomic E-state index is -0.718. The molecule has 5 heteroatoms. The van der Waals surface area contributed by atoms with Gasteiger partial charge in [0, 0.05) is 6.20 Å². The van der Waals surface area contributed by atoms with E-state index in [0.29, 0.717) is 5.56 Å². The van der Waals surface area contributed by atoms with Crippen LogP contribution in [0.25, 0.3) is 11.3 Å². The van der Waals surface area contributed by atoms with Crippen LogP contribution in [-0.2, 0) is 0 Å². The molecule has 16 heavy (non-hydrogen) atoms. The number of hydrogen-bond donors (Lipinski definition) is 1. The molecule has 0 spiro atoms. The van der Waals surface area contributed by atoms with Crippen LogP contribution in [0.1, 0.15) is 5.56 Å². The Morgan fingerprint density at radius 2 is 1.88 bits per heavy atom. The Kier molecular flexibility index (Phi) is 2.52. The number of nitrogens with zero attached hydrogens (tertiary/aromatic N) is 1. The summed E-state index contributed by atoms with van der Waals surface area (Å²) in [5.41, 5.74) is -0.248. The van der Waals surface area contributed by atoms with Crippen LogP contribution in [0.3, 0.4) is 0 Å². The maximum absolute atomic E-state index is 13.5. The molecule has 2 aromatic rings. The quantitative estimate of drug-likeness (QED) is 0.802. The fraction of sp³-hybridized carbons (Fsp3) is 0.0909. The maximum Gasteiger partial charge on any atom is 0.345 e. The second kappa shape index (κ2) is 3.84. The summed E-state index contributed by atoms with van der Waals surface area (Å²) < 4.78 is 26.9. The fourth-order valence-electron chi connectivity index (χ4n) is 1.45. The molecule has 0 aliphatic heterocycles. The number of rotatable bonds is 1. The van der Waals surface area contributed by atoms with E-state index in [1.54, 1.807) is 6.92 Å². The van der Waals surface area contributed by atoms with E-state index < -0.39 is 17.3 Å². The van der Waals surface area contributed by atoms with Crippen LogP contribution in [0.15, 0.2) is 29.2 Å². The lowest BCUT2D eigenvalue weighted by atomic mass is 10.1. The van der Waals surface area contributed by atoms with Crippen molar-refractivity contribution in [2.75, 3.05) is 0 Å². The molecule has 0 saturated carbocycles. The average molecular weight is 222 g/mol. The Morgan fingerprint density at radius 1 is 1.25 bits per heavy atom. The molecule has 0 radical (unpaired) electrons. The standard InChI is InChI=1S/C11H8F2N2O/c1-6-5-14-11(16)15-10(6)9-7(12)3-2-4-8(9)13/h2-5H,1H3,(H,14,15,16). The summed E-state index contributed by atoms with van der Waals surface area (Å²) >= 11 is 0. The molecule has 82 valence electrons. The third-order valence-electron chi connectivity index (χ3n) is 2.21. The van der Waals surface area contributed by atoms with Crippen molar-refractivity contribution < 1.29 is 8.78 Å². The molecule has 0 fully saturated rings. The van der Waals surface area contributed by atoms with Gasteiger partial charge in [0.05, 0.1) is 11.3 Å². The van der Waals surface area contributed by atoms with Crippen molar-refractivity contribution in [2.45, 2.75) is 6.92 Å². The first-order valence-corrected chi connectivity index (χ1v) is 4.60. The summed E-state index contributed by atoms with van der Waals surface area (Å²) in [6.45, 7) is 1.62. The Bertz CT molecular complexity index is 573. The predicted molar refractivity (Wildman–Crippen MR) is 54.9 cm³/mol. The SMILES string of the molecule is Cc1cnc(=O)[nH]c1-c1c(F)cccc1F. The van der Waals surface area contributed by atoms with Crippen LogP contribution in [0.2, 0.25) is 0 Å². The van der Waals surface area contributed by atoms with Crippen molar-refractivity contribution in [3.8, 4) is 11.3 Å². The fourth-order valence-corrected chi connectivity index (χ4v) is 1.45. The van der Waals surface area contributed by atoms with Gasteiger partial charge in [0.2, 0.25) is 0 Å². The molecule has 0 atom stereocenters. The molecule has 3 nitrogen and oxygen atoms in total. The smallest absolute Gasteiger partial charge is 0.305 e. The molecule has 0 unspecified atom stereocenters. The number of benzene rings is 1. The van der Waals surface area contributed by atoms with Gasteiger partial charge in [-0.15, -0.1) is 0 Å². The average Bonchev–Trinajstić information content (AvgIpc) is 2.23. The number of aromatic nitrogens is 2. The molecule has 0 bridgehead atoms. The van der Waals surface area contributed by atoms with Crippen molar-refractivity contribution in [2.24, 2.45) is 0 Å². The lowest BCUT2D eigenvalue weighted by Crippen LogP contribution is -2.12. The monoisotopic (exact) mass is 222 g/mol. The van der Waals surface area contributed by atoms with Crippen LogP contribution in [-0.4, -0.2) is 9.97 Å². The molecular weight excluding hydrogens is 214 g/mol. The zero-order chi connectivity index (χ0) is 11.7. The van der Waals surface area contributed by atoms with Gasteiger partial charge in [0.15, 0.2) is 0 Å². The van der Waals surface area contributed by atoms with Gasteiger partial charge in [-0.25, -0.2) is 18.6 Å². The molecule has 1 N–H and O–H groups in total. The summed E-state index contributed by atoms with van der Waals surface area (Å²) in [6.07, 6.45) is 1.28. The lowest BCUT2D eigenvalue weighted by Gasteiger charge is -2.06. The van der Waals surface area contributed by atoms with Gasteiger partial charge in [-0.3, -0.25) is 0 Å². The van der Waals surface area contributed by atoms with Crippen LogP contribution < -0.4 is 5.69 Å². The van der Waals surface area contributed by atoms with Gasteiger partial charge in [0.1, 0.15) is 11.6 Å². The summed E-state index contributed by atoms with van der Waals surface area (Å²) in [7, 11) is 0. The van der Waals surface area contributed by atoms with E-state index in [-0.39, 0.29) is 11.3 Å². The molecule has 0 aliphatic carbocycles. The number of H-pyrrole nitrogens is 1. The van der Waals surface area contributed by atoms with E-state index >= 15 is 0 Å². The van der Waals surface area contributed by atoms with Gasteiger partial charge >= 0.3 is 5.69 Å². The summed E-state index contributed by atoms with van der Waals surface area (Å²) in [5.74, 6) is -1.44. The van der Waals surface area contributed by atoms with Gasteiger partial charge in [0.25, 0.3) is 0 Å². The number of hydrogen-bond acceptors (Lipinski definition) is 2. The normalized spacial score (nSPS) is 10.4. The third-order valence-corrected chi connectivity index (χ3v) is 2.21. The Morgan fingerprint density at radius 3 is 2.50 bits per heavy atom. The van der Waals surface area contributed by atoms with Crippen molar-refractivity contribution >= 4 is 0 Å². The Balaban J connectivity index is 2.77. The molecule has 1 aromatic heterocycles. The highest BCUT2D eigenvalue weighted by atomic mass is 19.1. The van der Waals surface area contributed by atoms with Crippen LogP contribution in [0.5, 0.6) is 0 Å². The highest BCUT2D eigenvalue weighted by Gasteiger charge is 2.13. The summed E-state index contributed by atoms with van der Waals surface area (Å²) in [4.78, 5) is 16.8. The van der Waals surface area contributed by atoms with Crippen LogP contribution >= 0.6 is 0 Å². The van der Waals surface area contributed by atoms with Crippen molar-refractivity contribution in [1.29, 1.82) is 0 Å². The molecule has 0 saturated heterocycles. The third kappa shape index (κ3) is 1.71. The number of nitrogens with one attached hydrogen (secondary N) is 1. The van der Waals surface area contributed by atoms with E-state index in [2.05, 4.69) is 9.97 Å². The first kappa shape index (κ1) is 10.5. The van der Waals surface area contributed by atoms with Gasteiger partial charge in [-0.2, -0.15) is 0 Å². The zero-order valence-electron chi connectivity index (χ0n) is 8.42. The summed E-state index contributed by atoms with van der Waals surface area (Å²) in [6, 6.07) is 3.54. The molecule has 1 heterocycles. The minimum absolute atomic E-state index is 0.121. The van der Waals surface area contributed by atoms with Gasteiger partial charge in [-0.05, 0) is 24.6 Å². The number of aromatic amines is 1. The molecular formula is C11H8F2N2O. The Labute approximate surface area is 89.8 Å². The van der Waals surface area contributed by atoms with E-state index in [0.717, 1.165) is 12.1 Å². The number of halogens is 2. The van der Waals surface area contributed by atoms with Gasteiger partial charge in [-0.1, -0.05) is 6.07 Å². The van der Waals surface area contributed by atoms with Crippen LogP contribution in [0, 0.1) is 18.6 Å². The molecule has 0 amide bonds. The number of aryl methyl sites for hydroxylation is 1. The van der Waals surface area contributed by atoms with Gasteiger partial charge < -0.3 is 4.98 Å². The molecule has 1 aromatic carbocycles. The topological polar surface area (TPSA) is 45.8 Å². The highest BCUT2D eigenvalue weighted by molar-refractivity contribution is 5.63. The van der Waals surface area contributed by atoms with Crippen molar-refractivity contribution in [3.05, 3.63) is 52.1 Å². The largest absolute Gasteiger partial charge is 0.345 e. The van der Waals surface area contributed by atoms with E-state index in [1.807, 2.05) is 0 Å². The lowest BCUT2D eigenvalue weighted by molar-refractivity contribution is 0.588. The van der Waals surface area contributed by atoms with E-state index in [9.17, 15) is 13.6 Å². The zero-order valence-corrected chi connectivity index (χ0v) is 8.42. The van der Waals surface area contributed by atoms with E-state index in [1.165, 1.54) is 12.3 Å². The van der Waals surface area contributed by atoms with Crippen molar-refractivity contribution in [3.63, 3.8) is 0 Å². The summed E-state index contributed by atoms with van der Waals surface area (Å²) in [5, 5.41) is 0. The molecule has 2 rings (SSSR count). The van der Waals surface area contributed by atoms with Crippen LogP contribution in [0.4, 0.5) is 8.78 Å². The first-order chi connectivity index (χ1) is 7.59. The van der Waals surface area contributed by atoms with Crippen molar-refractivity contribution in [1.82, 2.24) is 9.97 Å². The molecule has 0 aliphatic rings. The second-order valence-corrected chi connectivity index (χ2v) is 3.34.